The second kappa shape index (κ2) is 23.7. The lowest BCUT2D eigenvalue weighted by Crippen LogP contribution is -2.34. The summed E-state index contributed by atoms with van der Waals surface area (Å²) in [5, 5.41) is 27.5. The van der Waals surface area contributed by atoms with E-state index in [0.29, 0.717) is 18.9 Å². The summed E-state index contributed by atoms with van der Waals surface area (Å²) in [4.78, 5) is 49.3. The van der Waals surface area contributed by atoms with Gasteiger partial charge in [-0.3, -0.25) is 19.2 Å². The van der Waals surface area contributed by atoms with E-state index in [0.717, 1.165) is 31.2 Å². The fraction of sp³-hybridized carbons (Fsp3) is 0.610. The molecule has 2 aromatic carbocycles. The molecule has 6 unspecified atom stereocenters. The number of rotatable bonds is 23. The lowest BCUT2D eigenvalue weighted by atomic mass is 9.76. The van der Waals surface area contributed by atoms with Crippen molar-refractivity contribution < 1.29 is 53.4 Å². The van der Waals surface area contributed by atoms with Gasteiger partial charge < -0.3 is 34.3 Å². The van der Waals surface area contributed by atoms with Crippen LogP contribution >= 0.6 is 0 Å². The first-order valence-electron chi connectivity index (χ1n) is 18.6. The second-order valence-corrected chi connectivity index (χ2v) is 14.0. The van der Waals surface area contributed by atoms with Gasteiger partial charge in [-0.15, -0.1) is 0 Å². The fourth-order valence-electron chi connectivity index (χ4n) is 6.30. The average Bonchev–Trinajstić information content (AvgIpc) is 3.99. The van der Waals surface area contributed by atoms with Gasteiger partial charge in [0.1, 0.15) is 25.9 Å². The highest BCUT2D eigenvalue weighted by molar-refractivity contribution is 5.79. The van der Waals surface area contributed by atoms with Gasteiger partial charge in [0.2, 0.25) is 0 Å². The average molecular weight is 729 g/mol. The molecule has 1 aliphatic rings. The van der Waals surface area contributed by atoms with Crippen molar-refractivity contribution in [3.8, 4) is 0 Å². The van der Waals surface area contributed by atoms with Crippen molar-refractivity contribution in [2.24, 2.45) is 23.2 Å². The topological polar surface area (TPSA) is 169 Å². The van der Waals surface area contributed by atoms with Gasteiger partial charge in [-0.05, 0) is 81.8 Å². The van der Waals surface area contributed by atoms with E-state index in [1.54, 1.807) is 13.8 Å². The van der Waals surface area contributed by atoms with Gasteiger partial charge in [-0.1, -0.05) is 81.4 Å². The summed E-state index contributed by atoms with van der Waals surface area (Å²) in [7, 11) is 0. The van der Waals surface area contributed by atoms with E-state index in [4.69, 9.17) is 29.2 Å². The highest BCUT2D eigenvalue weighted by Crippen LogP contribution is 2.36. The van der Waals surface area contributed by atoms with Gasteiger partial charge in [0.05, 0.1) is 43.0 Å². The number of aliphatic hydroxyl groups excluding tert-OH is 2. The van der Waals surface area contributed by atoms with Crippen LogP contribution in [0.15, 0.2) is 60.7 Å². The molecule has 3 N–H and O–H groups in total. The molecular weight excluding hydrogens is 668 g/mol. The Hall–Kier alpha value is -3.80. The lowest BCUT2D eigenvalue weighted by Gasteiger charge is -2.29. The third-order valence-electron chi connectivity index (χ3n) is 9.53. The van der Waals surface area contributed by atoms with E-state index < -0.39 is 35.2 Å². The Morgan fingerprint density at radius 1 is 0.712 bits per heavy atom. The number of ether oxygens (including phenoxy) is 4. The quantitative estimate of drug-likeness (QED) is 0.0667. The Kier molecular flexibility index (Phi) is 20.2. The van der Waals surface area contributed by atoms with E-state index in [-0.39, 0.29) is 69.8 Å². The van der Waals surface area contributed by atoms with Crippen LogP contribution in [0.2, 0.25) is 0 Å². The molecule has 1 heterocycles. The van der Waals surface area contributed by atoms with E-state index in [1.807, 2.05) is 62.4 Å². The first-order valence-corrected chi connectivity index (χ1v) is 18.6. The normalized spacial score (nSPS) is 16.6. The number of carboxylic acid groups (broad SMARTS) is 1. The minimum absolute atomic E-state index is 0.00421. The van der Waals surface area contributed by atoms with Crippen molar-refractivity contribution >= 4 is 23.9 Å². The first kappa shape index (κ1) is 44.4. The zero-order chi connectivity index (χ0) is 38.5. The molecule has 0 spiro atoms. The molecule has 0 saturated carbocycles. The third-order valence-corrected chi connectivity index (χ3v) is 9.53. The molecule has 3 rings (SSSR count). The fourth-order valence-corrected chi connectivity index (χ4v) is 6.30. The largest absolute Gasteiger partial charge is 0.481 e. The van der Waals surface area contributed by atoms with Gasteiger partial charge >= 0.3 is 23.9 Å². The second-order valence-electron chi connectivity index (χ2n) is 14.0. The van der Waals surface area contributed by atoms with Crippen LogP contribution in [0, 0.1) is 23.2 Å². The van der Waals surface area contributed by atoms with Gasteiger partial charge in [0.15, 0.2) is 0 Å². The molecular formula is C41H60O11. The lowest BCUT2D eigenvalue weighted by molar-refractivity contribution is -0.158. The number of carbonyl (C=O) groups is 4. The van der Waals surface area contributed by atoms with E-state index >= 15 is 0 Å². The maximum atomic E-state index is 13.0. The SMILES string of the molecule is CCC(CC(CC(CC(C)(C)C(=O)OCCO)C(=O)O)C(=O)OCC1CO1)c1ccccc1.CCC(CC(CC)c1ccccc1)C(=O)OCCO. The van der Waals surface area contributed by atoms with Crippen molar-refractivity contribution in [1.29, 1.82) is 0 Å². The highest BCUT2D eigenvalue weighted by atomic mass is 16.6. The molecule has 0 aromatic heterocycles. The summed E-state index contributed by atoms with van der Waals surface area (Å²) in [6.45, 7) is 9.65. The maximum absolute atomic E-state index is 13.0. The molecule has 2 aromatic rings. The standard InChI is InChI=1S/C25H36O8.C16H24O3/c1-4-17(18-8-6-5-7-9-18)12-19(23(29)33-16-21-15-32-21)13-20(22(27)28)14-25(2,3)24(30)31-11-10-26;1-3-13(15-8-6-5-7-9-15)12-14(4-2)16(18)19-11-10-17/h5-9,17,19-21,26H,4,10-16H2,1-3H3,(H,27,28);5-9,13-14,17H,3-4,10-12H2,1-2H3. The monoisotopic (exact) mass is 728 g/mol. The van der Waals surface area contributed by atoms with Crippen LogP contribution < -0.4 is 0 Å². The van der Waals surface area contributed by atoms with Crippen molar-refractivity contribution in [3.05, 3.63) is 71.8 Å². The number of epoxide rings is 1. The van der Waals surface area contributed by atoms with Crippen LogP contribution in [0.5, 0.6) is 0 Å². The van der Waals surface area contributed by atoms with E-state index in [9.17, 15) is 24.3 Å². The van der Waals surface area contributed by atoms with Crippen molar-refractivity contribution in [3.63, 3.8) is 0 Å². The van der Waals surface area contributed by atoms with E-state index in [1.165, 1.54) is 5.56 Å². The van der Waals surface area contributed by atoms with Gasteiger partial charge in [0.25, 0.3) is 0 Å². The predicted molar refractivity (Wildman–Crippen MR) is 196 cm³/mol. The van der Waals surface area contributed by atoms with Crippen molar-refractivity contribution in [1.82, 2.24) is 0 Å². The number of benzene rings is 2. The molecule has 290 valence electrons. The first-order chi connectivity index (χ1) is 24.9. The molecule has 11 nitrogen and oxygen atoms in total. The number of carbonyl (C=O) groups excluding carboxylic acids is 3. The van der Waals surface area contributed by atoms with Crippen molar-refractivity contribution in [2.75, 3.05) is 39.6 Å². The third kappa shape index (κ3) is 15.8. The molecule has 1 fully saturated rings. The van der Waals surface area contributed by atoms with Crippen LogP contribution in [0.4, 0.5) is 0 Å². The van der Waals surface area contributed by atoms with E-state index in [2.05, 4.69) is 19.1 Å². The summed E-state index contributed by atoms with van der Waals surface area (Å²) in [5.41, 5.74) is 1.28. The molecule has 0 aliphatic carbocycles. The number of esters is 3. The zero-order valence-electron chi connectivity index (χ0n) is 31.5. The van der Waals surface area contributed by atoms with Crippen LogP contribution in [-0.4, -0.2) is 84.9 Å². The Morgan fingerprint density at radius 3 is 1.63 bits per heavy atom. The Balaban J connectivity index is 0.000000418. The molecule has 1 aliphatic heterocycles. The van der Waals surface area contributed by atoms with Crippen LogP contribution in [0.3, 0.4) is 0 Å². The van der Waals surface area contributed by atoms with Gasteiger partial charge in [-0.2, -0.15) is 0 Å². The predicted octanol–water partition coefficient (Wildman–Crippen LogP) is 6.30. The van der Waals surface area contributed by atoms with Crippen molar-refractivity contribution in [2.45, 2.75) is 97.5 Å². The number of carboxylic acids is 1. The molecule has 1 saturated heterocycles. The van der Waals surface area contributed by atoms with Gasteiger partial charge in [-0.25, -0.2) is 0 Å². The Bertz CT molecular complexity index is 1330. The van der Waals surface area contributed by atoms with Gasteiger partial charge in [0, 0.05) is 0 Å². The Labute approximate surface area is 309 Å². The Morgan fingerprint density at radius 2 is 1.19 bits per heavy atom. The summed E-state index contributed by atoms with van der Waals surface area (Å²) >= 11 is 0. The minimum atomic E-state index is -1.09. The molecule has 0 amide bonds. The van der Waals surface area contributed by atoms with Crippen LogP contribution in [-0.2, 0) is 38.1 Å². The molecule has 6 atom stereocenters. The number of hydrogen-bond donors (Lipinski definition) is 3. The summed E-state index contributed by atoms with van der Waals surface area (Å²) in [6, 6.07) is 20.1. The molecule has 11 heteroatoms. The van der Waals surface area contributed by atoms with Crippen LogP contribution in [0.25, 0.3) is 0 Å². The number of hydrogen-bond acceptors (Lipinski definition) is 10. The smallest absolute Gasteiger partial charge is 0.311 e. The minimum Gasteiger partial charge on any atom is -0.481 e. The number of aliphatic hydroxyl groups is 2. The molecule has 0 bridgehead atoms. The molecule has 0 radical (unpaired) electrons. The summed E-state index contributed by atoms with van der Waals surface area (Å²) < 4.78 is 20.6. The molecule has 52 heavy (non-hydrogen) atoms. The summed E-state index contributed by atoms with van der Waals surface area (Å²) in [6.07, 6.45) is 3.80. The highest BCUT2D eigenvalue weighted by Gasteiger charge is 2.38. The number of aliphatic carboxylic acids is 1. The van der Waals surface area contributed by atoms with Crippen LogP contribution in [0.1, 0.15) is 103 Å². The zero-order valence-corrected chi connectivity index (χ0v) is 31.5. The maximum Gasteiger partial charge on any atom is 0.311 e. The summed E-state index contributed by atoms with van der Waals surface area (Å²) in [5.74, 6) is -3.50.